The van der Waals surface area contributed by atoms with Crippen molar-refractivity contribution in [1.82, 2.24) is 4.90 Å². The molecule has 98 valence electrons. The van der Waals surface area contributed by atoms with E-state index in [-0.39, 0.29) is 0 Å². The summed E-state index contributed by atoms with van der Waals surface area (Å²) in [6.07, 6.45) is 1.37. The van der Waals surface area contributed by atoms with Crippen molar-refractivity contribution < 1.29 is 0 Å². The average molecular weight is 262 g/mol. The first-order valence-corrected chi connectivity index (χ1v) is 7.54. The monoisotopic (exact) mass is 262 g/mol. The van der Waals surface area contributed by atoms with E-state index >= 15 is 0 Å². The van der Waals surface area contributed by atoms with Crippen molar-refractivity contribution in [3.05, 3.63) is 21.9 Å². The van der Waals surface area contributed by atoms with Crippen molar-refractivity contribution in [1.29, 1.82) is 0 Å². The van der Waals surface area contributed by atoms with Gasteiger partial charge in [0.25, 0.3) is 0 Å². The average Bonchev–Trinajstić information content (AvgIpc) is 2.72. The van der Waals surface area contributed by atoms with E-state index in [0.29, 0.717) is 6.54 Å². The predicted octanol–water partition coefficient (Wildman–Crippen LogP) is 2.54. The van der Waals surface area contributed by atoms with E-state index in [4.69, 9.17) is 5.73 Å². The van der Waals surface area contributed by atoms with Crippen LogP contribution in [-0.4, -0.2) is 24.5 Å². The molecule has 0 spiro atoms. The van der Waals surface area contributed by atoms with Crippen LogP contribution in [0.2, 0.25) is 0 Å². The van der Waals surface area contributed by atoms with Crippen LogP contribution in [0.1, 0.15) is 30.7 Å². The summed E-state index contributed by atoms with van der Waals surface area (Å²) >= 11 is 1.81. The first-order chi connectivity index (χ1) is 8.67. The molecule has 2 atom stereocenters. The fourth-order valence-corrected chi connectivity index (χ4v) is 3.68. The molecule has 2 heterocycles. The molecule has 0 aromatic carbocycles. The molecule has 2 nitrogen and oxygen atoms in total. The molecule has 2 N–H and O–H groups in total. The van der Waals surface area contributed by atoms with Gasteiger partial charge in [-0.2, -0.15) is 0 Å². The second-order valence-electron chi connectivity index (χ2n) is 5.45. The Morgan fingerprint density at radius 3 is 2.78 bits per heavy atom. The minimum absolute atomic E-state index is 0.437. The second kappa shape index (κ2) is 6.38. The van der Waals surface area contributed by atoms with Gasteiger partial charge in [0, 0.05) is 35.5 Å². The van der Waals surface area contributed by atoms with E-state index in [9.17, 15) is 0 Å². The molecule has 2 rings (SSSR count). The first-order valence-electron chi connectivity index (χ1n) is 6.66. The smallest absolute Gasteiger partial charge is 0.0555 e. The molecule has 0 saturated carbocycles. The maximum atomic E-state index is 5.38. The molecule has 1 aliphatic heterocycles. The van der Waals surface area contributed by atoms with E-state index < -0.39 is 0 Å². The van der Waals surface area contributed by atoms with Gasteiger partial charge in [-0.15, -0.1) is 11.3 Å². The summed E-state index contributed by atoms with van der Waals surface area (Å²) in [4.78, 5) is 3.99. The fraction of sp³-hybridized carbons (Fsp3) is 0.600. The summed E-state index contributed by atoms with van der Waals surface area (Å²) in [5, 5.41) is 2.13. The Morgan fingerprint density at radius 2 is 2.11 bits per heavy atom. The topological polar surface area (TPSA) is 29.3 Å². The number of hydrogen-bond donors (Lipinski definition) is 1. The molecule has 1 saturated heterocycles. The number of nitrogens with zero attached hydrogens (tertiary/aromatic N) is 1. The zero-order chi connectivity index (χ0) is 13.0. The highest BCUT2D eigenvalue weighted by Gasteiger charge is 2.21. The Balaban J connectivity index is 1.94. The Hall–Kier alpha value is -0.820. The SMILES string of the molecule is CC1CC(C)CN(Cc2cc(C#CCN)cs2)C1. The summed E-state index contributed by atoms with van der Waals surface area (Å²) in [5.41, 5.74) is 6.49. The Kier molecular flexibility index (Phi) is 4.82. The van der Waals surface area contributed by atoms with E-state index in [0.717, 1.165) is 23.9 Å². The van der Waals surface area contributed by atoms with Gasteiger partial charge in [-0.25, -0.2) is 0 Å². The van der Waals surface area contributed by atoms with E-state index in [2.05, 4.69) is 42.0 Å². The van der Waals surface area contributed by atoms with E-state index in [1.165, 1.54) is 24.4 Å². The van der Waals surface area contributed by atoms with Crippen molar-refractivity contribution in [3.63, 3.8) is 0 Å². The molecular weight excluding hydrogens is 240 g/mol. The lowest BCUT2D eigenvalue weighted by Crippen LogP contribution is -2.37. The molecule has 2 unspecified atom stereocenters. The number of piperidine rings is 1. The summed E-state index contributed by atoms with van der Waals surface area (Å²) in [7, 11) is 0. The zero-order valence-electron chi connectivity index (χ0n) is 11.3. The minimum Gasteiger partial charge on any atom is -0.320 e. The van der Waals surface area contributed by atoms with Crippen LogP contribution < -0.4 is 5.73 Å². The van der Waals surface area contributed by atoms with Crippen LogP contribution in [-0.2, 0) is 6.54 Å². The van der Waals surface area contributed by atoms with Crippen LogP contribution in [0, 0.1) is 23.7 Å². The quantitative estimate of drug-likeness (QED) is 0.830. The normalized spacial score (nSPS) is 24.6. The lowest BCUT2D eigenvalue weighted by atomic mass is 9.92. The van der Waals surface area contributed by atoms with Crippen molar-refractivity contribution >= 4 is 11.3 Å². The maximum absolute atomic E-state index is 5.38. The zero-order valence-corrected chi connectivity index (χ0v) is 12.1. The van der Waals surface area contributed by atoms with Gasteiger partial charge in [0.2, 0.25) is 0 Å². The van der Waals surface area contributed by atoms with Gasteiger partial charge in [-0.05, 0) is 24.3 Å². The molecule has 0 bridgehead atoms. The van der Waals surface area contributed by atoms with Crippen molar-refractivity contribution in [3.8, 4) is 11.8 Å². The van der Waals surface area contributed by atoms with Crippen molar-refractivity contribution in [2.75, 3.05) is 19.6 Å². The molecule has 0 aliphatic carbocycles. The predicted molar refractivity (Wildman–Crippen MR) is 78.5 cm³/mol. The van der Waals surface area contributed by atoms with E-state index in [1.54, 1.807) is 0 Å². The third-order valence-electron chi connectivity index (χ3n) is 3.31. The van der Waals surface area contributed by atoms with Crippen LogP contribution in [0.25, 0.3) is 0 Å². The Morgan fingerprint density at radius 1 is 1.39 bits per heavy atom. The third kappa shape index (κ3) is 3.84. The highest BCUT2D eigenvalue weighted by atomic mass is 32.1. The molecular formula is C15H22N2S. The highest BCUT2D eigenvalue weighted by Crippen LogP contribution is 2.24. The van der Waals surface area contributed by atoms with Crippen molar-refractivity contribution in [2.45, 2.75) is 26.8 Å². The van der Waals surface area contributed by atoms with Gasteiger partial charge in [0.05, 0.1) is 6.54 Å². The standard InChI is InChI=1S/C15H22N2S/c1-12-6-13(2)9-17(8-12)10-15-7-14(11-18-15)4-3-5-16/h7,11-13H,5-6,8-10,16H2,1-2H3. The lowest BCUT2D eigenvalue weighted by molar-refractivity contribution is 0.135. The molecule has 1 aromatic heterocycles. The van der Waals surface area contributed by atoms with E-state index in [1.807, 2.05) is 11.3 Å². The van der Waals surface area contributed by atoms with Crippen LogP contribution in [0.5, 0.6) is 0 Å². The summed E-state index contributed by atoms with van der Waals surface area (Å²) in [6.45, 7) is 8.68. The lowest BCUT2D eigenvalue weighted by Gasteiger charge is -2.34. The number of thiophene rings is 1. The van der Waals surface area contributed by atoms with Crippen LogP contribution in [0.15, 0.2) is 11.4 Å². The number of nitrogens with two attached hydrogens (primary N) is 1. The highest BCUT2D eigenvalue weighted by molar-refractivity contribution is 7.10. The molecule has 18 heavy (non-hydrogen) atoms. The Labute approximate surface area is 114 Å². The van der Waals surface area contributed by atoms with Gasteiger partial charge >= 0.3 is 0 Å². The van der Waals surface area contributed by atoms with Crippen LogP contribution in [0.4, 0.5) is 0 Å². The molecule has 1 aliphatic rings. The second-order valence-corrected chi connectivity index (χ2v) is 6.44. The van der Waals surface area contributed by atoms with Crippen LogP contribution >= 0.6 is 11.3 Å². The van der Waals surface area contributed by atoms with Crippen molar-refractivity contribution in [2.24, 2.45) is 17.6 Å². The summed E-state index contributed by atoms with van der Waals surface area (Å²) < 4.78 is 0. The summed E-state index contributed by atoms with van der Waals surface area (Å²) in [5.74, 6) is 7.65. The summed E-state index contributed by atoms with van der Waals surface area (Å²) in [6, 6.07) is 2.21. The largest absolute Gasteiger partial charge is 0.320 e. The van der Waals surface area contributed by atoms with Gasteiger partial charge in [0.1, 0.15) is 0 Å². The van der Waals surface area contributed by atoms with Gasteiger partial charge in [0.15, 0.2) is 0 Å². The first kappa shape index (κ1) is 13.6. The van der Waals surface area contributed by atoms with Crippen LogP contribution in [0.3, 0.4) is 0 Å². The molecule has 1 aromatic rings. The van der Waals surface area contributed by atoms with Gasteiger partial charge in [-0.3, -0.25) is 4.90 Å². The Bertz CT molecular complexity index is 431. The number of hydrogen-bond acceptors (Lipinski definition) is 3. The number of rotatable bonds is 2. The molecule has 0 amide bonds. The fourth-order valence-electron chi connectivity index (χ4n) is 2.82. The molecule has 3 heteroatoms. The molecule has 1 fully saturated rings. The minimum atomic E-state index is 0.437. The molecule has 0 radical (unpaired) electrons. The third-order valence-corrected chi connectivity index (χ3v) is 4.23. The van der Waals surface area contributed by atoms with Gasteiger partial charge in [-0.1, -0.05) is 25.7 Å². The maximum Gasteiger partial charge on any atom is 0.0555 e. The number of likely N-dealkylation sites (tertiary alicyclic amines) is 1. The van der Waals surface area contributed by atoms with Gasteiger partial charge < -0.3 is 5.73 Å².